The SMILES string of the molecule is CCOC(=O)c1c(-c2ccccc2)nc2sc(C(C)=O)c(N)c2c1-c1ccc(OC)cc1. The number of hydrogen-bond donors (Lipinski definition) is 1. The van der Waals surface area contributed by atoms with Crippen LogP contribution in [0.1, 0.15) is 33.9 Å². The lowest BCUT2D eigenvalue weighted by Gasteiger charge is -2.16. The van der Waals surface area contributed by atoms with Crippen LogP contribution >= 0.6 is 11.3 Å². The zero-order chi connectivity index (χ0) is 22.8. The predicted octanol–water partition coefficient (Wildman–Crippen LogP) is 5.60. The molecule has 0 spiro atoms. The fraction of sp³-hybridized carbons (Fsp3) is 0.160. The van der Waals surface area contributed by atoms with Gasteiger partial charge in [-0.15, -0.1) is 11.3 Å². The van der Waals surface area contributed by atoms with Crippen molar-refractivity contribution in [1.29, 1.82) is 0 Å². The van der Waals surface area contributed by atoms with Gasteiger partial charge in [0.25, 0.3) is 0 Å². The number of carbonyl (C=O) groups excluding carboxylic acids is 2. The summed E-state index contributed by atoms with van der Waals surface area (Å²) in [7, 11) is 1.59. The van der Waals surface area contributed by atoms with Gasteiger partial charge >= 0.3 is 5.97 Å². The average Bonchev–Trinajstić information content (AvgIpc) is 3.15. The van der Waals surface area contributed by atoms with Crippen molar-refractivity contribution in [3.63, 3.8) is 0 Å². The minimum absolute atomic E-state index is 0.148. The molecule has 2 aromatic carbocycles. The first-order chi connectivity index (χ1) is 15.5. The minimum atomic E-state index is -0.499. The van der Waals surface area contributed by atoms with Crippen molar-refractivity contribution in [3.05, 3.63) is 65.0 Å². The number of anilines is 1. The van der Waals surface area contributed by atoms with Crippen molar-refractivity contribution in [1.82, 2.24) is 4.98 Å². The van der Waals surface area contributed by atoms with Gasteiger partial charge in [0.1, 0.15) is 10.6 Å². The van der Waals surface area contributed by atoms with Gasteiger partial charge in [-0.1, -0.05) is 42.5 Å². The molecule has 0 amide bonds. The molecule has 0 aliphatic rings. The molecule has 0 radical (unpaired) electrons. The monoisotopic (exact) mass is 446 g/mol. The van der Waals surface area contributed by atoms with E-state index in [4.69, 9.17) is 20.2 Å². The van der Waals surface area contributed by atoms with Gasteiger partial charge in [0.05, 0.1) is 35.5 Å². The van der Waals surface area contributed by atoms with Crippen molar-refractivity contribution in [2.24, 2.45) is 0 Å². The predicted molar refractivity (Wildman–Crippen MR) is 127 cm³/mol. The van der Waals surface area contributed by atoms with E-state index in [1.54, 1.807) is 14.0 Å². The largest absolute Gasteiger partial charge is 0.497 e. The molecule has 4 rings (SSSR count). The summed E-state index contributed by atoms with van der Waals surface area (Å²) in [5.74, 6) is 0.0365. The average molecular weight is 447 g/mol. The van der Waals surface area contributed by atoms with Crippen molar-refractivity contribution in [2.75, 3.05) is 19.5 Å². The van der Waals surface area contributed by atoms with Crippen LogP contribution in [-0.4, -0.2) is 30.5 Å². The lowest BCUT2D eigenvalue weighted by Crippen LogP contribution is -2.10. The summed E-state index contributed by atoms with van der Waals surface area (Å²) in [6.07, 6.45) is 0. The minimum Gasteiger partial charge on any atom is -0.497 e. The molecule has 0 saturated carbocycles. The number of nitrogens with zero attached hydrogens (tertiary/aromatic N) is 1. The van der Waals surface area contributed by atoms with Crippen LogP contribution in [0.2, 0.25) is 0 Å². The molecule has 32 heavy (non-hydrogen) atoms. The van der Waals surface area contributed by atoms with E-state index in [9.17, 15) is 9.59 Å². The molecule has 0 fully saturated rings. The van der Waals surface area contributed by atoms with Gasteiger partial charge in [-0.25, -0.2) is 9.78 Å². The number of hydrogen-bond acceptors (Lipinski definition) is 7. The molecule has 162 valence electrons. The van der Waals surface area contributed by atoms with Crippen molar-refractivity contribution in [3.8, 4) is 28.1 Å². The van der Waals surface area contributed by atoms with Gasteiger partial charge in [-0.2, -0.15) is 0 Å². The number of fused-ring (bicyclic) bond motifs is 1. The number of nitrogen functional groups attached to an aromatic ring is 1. The highest BCUT2D eigenvalue weighted by Gasteiger charge is 2.28. The second-order valence-electron chi connectivity index (χ2n) is 7.11. The number of ether oxygens (including phenoxy) is 2. The third kappa shape index (κ3) is 3.71. The third-order valence-electron chi connectivity index (χ3n) is 5.10. The molecule has 2 N–H and O–H groups in total. The van der Waals surface area contributed by atoms with E-state index in [0.717, 1.165) is 11.1 Å². The Hall–Kier alpha value is -3.71. The number of pyridine rings is 1. The van der Waals surface area contributed by atoms with Crippen LogP contribution < -0.4 is 10.5 Å². The Morgan fingerprint density at radius 2 is 1.72 bits per heavy atom. The van der Waals surface area contributed by atoms with E-state index in [-0.39, 0.29) is 12.4 Å². The van der Waals surface area contributed by atoms with E-state index in [1.165, 1.54) is 18.3 Å². The van der Waals surface area contributed by atoms with Gasteiger partial charge in [0.15, 0.2) is 5.78 Å². The Balaban J connectivity index is 2.17. The number of thiophene rings is 1. The first-order valence-corrected chi connectivity index (χ1v) is 10.9. The molecule has 0 atom stereocenters. The van der Waals surface area contributed by atoms with Gasteiger partial charge < -0.3 is 15.2 Å². The Kier molecular flexibility index (Phi) is 5.92. The molecule has 4 aromatic rings. The number of rotatable bonds is 6. The van der Waals surface area contributed by atoms with Crippen LogP contribution in [0.5, 0.6) is 5.75 Å². The van der Waals surface area contributed by atoms with Crippen LogP contribution in [0.25, 0.3) is 32.6 Å². The first-order valence-electron chi connectivity index (χ1n) is 10.1. The third-order valence-corrected chi connectivity index (χ3v) is 6.30. The lowest BCUT2D eigenvalue weighted by atomic mass is 9.92. The summed E-state index contributed by atoms with van der Waals surface area (Å²) in [6, 6.07) is 16.8. The van der Waals surface area contributed by atoms with E-state index in [0.29, 0.717) is 43.4 Å². The fourth-order valence-corrected chi connectivity index (χ4v) is 4.67. The molecule has 0 aliphatic heterocycles. The molecular weight excluding hydrogens is 424 g/mol. The summed E-state index contributed by atoms with van der Waals surface area (Å²) in [4.78, 5) is 31.3. The highest BCUT2D eigenvalue weighted by Crippen LogP contribution is 2.44. The molecule has 2 heterocycles. The molecule has 0 saturated heterocycles. The van der Waals surface area contributed by atoms with E-state index in [2.05, 4.69) is 0 Å². The number of ketones is 1. The maximum absolute atomic E-state index is 13.3. The second-order valence-corrected chi connectivity index (χ2v) is 8.11. The lowest BCUT2D eigenvalue weighted by molar-refractivity contribution is 0.0528. The van der Waals surface area contributed by atoms with Crippen LogP contribution in [0.4, 0.5) is 5.69 Å². The summed E-state index contributed by atoms with van der Waals surface area (Å²) >= 11 is 1.23. The number of nitrogens with two attached hydrogens (primary N) is 1. The number of Topliss-reactive ketones (excluding diaryl/α,β-unsaturated/α-hetero) is 1. The molecular formula is C25H22N2O4S. The number of aromatic nitrogens is 1. The first kappa shape index (κ1) is 21.5. The Labute approximate surface area is 189 Å². The molecule has 0 bridgehead atoms. The molecule has 6 nitrogen and oxygen atoms in total. The quantitative estimate of drug-likeness (QED) is 0.306. The van der Waals surface area contributed by atoms with Crippen LogP contribution in [-0.2, 0) is 4.74 Å². The van der Waals surface area contributed by atoms with Crippen molar-refractivity contribution < 1.29 is 19.1 Å². The number of esters is 1. The maximum atomic E-state index is 13.3. The number of methoxy groups -OCH3 is 1. The van der Waals surface area contributed by atoms with E-state index in [1.807, 2.05) is 54.6 Å². The van der Waals surface area contributed by atoms with Gasteiger partial charge in [0.2, 0.25) is 0 Å². The maximum Gasteiger partial charge on any atom is 0.341 e. The molecule has 7 heteroatoms. The number of benzene rings is 2. The number of carbonyl (C=O) groups is 2. The van der Waals surface area contributed by atoms with E-state index >= 15 is 0 Å². The summed E-state index contributed by atoms with van der Waals surface area (Å²) in [5.41, 5.74) is 9.67. The smallest absolute Gasteiger partial charge is 0.341 e. The van der Waals surface area contributed by atoms with Gasteiger partial charge in [-0.3, -0.25) is 4.79 Å². The van der Waals surface area contributed by atoms with Gasteiger partial charge in [0, 0.05) is 23.4 Å². The highest BCUT2D eigenvalue weighted by atomic mass is 32.1. The Bertz CT molecular complexity index is 1310. The molecule has 2 aromatic heterocycles. The highest BCUT2D eigenvalue weighted by molar-refractivity contribution is 7.21. The van der Waals surface area contributed by atoms with Crippen LogP contribution in [0, 0.1) is 0 Å². The fourth-order valence-electron chi connectivity index (χ4n) is 3.67. The van der Waals surface area contributed by atoms with Gasteiger partial charge in [-0.05, 0) is 24.6 Å². The zero-order valence-electron chi connectivity index (χ0n) is 18.0. The van der Waals surface area contributed by atoms with Crippen LogP contribution in [0.3, 0.4) is 0 Å². The van der Waals surface area contributed by atoms with E-state index < -0.39 is 5.97 Å². The summed E-state index contributed by atoms with van der Waals surface area (Å²) in [5, 5.41) is 0.577. The standard InChI is InChI=1S/C25H22N2O4S/c1-4-31-25(29)20-18(15-10-12-17(30-3)13-11-15)19-21(26)23(14(2)28)32-24(19)27-22(20)16-8-6-5-7-9-16/h5-13H,4,26H2,1-3H3. The molecule has 0 aliphatic carbocycles. The summed E-state index contributed by atoms with van der Waals surface area (Å²) < 4.78 is 10.7. The second kappa shape index (κ2) is 8.80. The topological polar surface area (TPSA) is 91.5 Å². The van der Waals surface area contributed by atoms with Crippen molar-refractivity contribution in [2.45, 2.75) is 13.8 Å². The zero-order valence-corrected chi connectivity index (χ0v) is 18.8. The van der Waals surface area contributed by atoms with Crippen molar-refractivity contribution >= 4 is 39.0 Å². The van der Waals surface area contributed by atoms with Crippen LogP contribution in [0.15, 0.2) is 54.6 Å². The molecule has 0 unspecified atom stereocenters. The Morgan fingerprint density at radius 1 is 1.03 bits per heavy atom. The summed E-state index contributed by atoms with van der Waals surface area (Å²) in [6.45, 7) is 3.44. The Morgan fingerprint density at radius 3 is 2.31 bits per heavy atom. The normalized spacial score (nSPS) is 10.8.